The van der Waals surface area contributed by atoms with Crippen LogP contribution in [0.3, 0.4) is 0 Å². The molecule has 34 heavy (non-hydrogen) atoms. The lowest BCUT2D eigenvalue weighted by Gasteiger charge is -2.20. The van der Waals surface area contributed by atoms with Gasteiger partial charge in [-0.1, -0.05) is 33.5 Å². The Morgan fingerprint density at radius 3 is 2.59 bits per heavy atom. The first-order chi connectivity index (χ1) is 15.9. The second-order valence-corrected chi connectivity index (χ2v) is 15.9. The van der Waals surface area contributed by atoms with Crippen LogP contribution in [0.1, 0.15) is 25.3 Å². The molecule has 3 aromatic rings. The molecule has 0 saturated carbocycles. The number of pyridine rings is 1. The van der Waals surface area contributed by atoms with E-state index in [1.54, 1.807) is 6.07 Å². The van der Waals surface area contributed by atoms with E-state index in [1.807, 2.05) is 13.8 Å². The quantitative estimate of drug-likeness (QED) is 0.164. The van der Waals surface area contributed by atoms with Crippen molar-refractivity contribution < 1.29 is 22.3 Å². The van der Waals surface area contributed by atoms with E-state index in [0.717, 1.165) is 6.04 Å². The number of ether oxygens (including phenoxy) is 1. The fourth-order valence-electron chi connectivity index (χ4n) is 3.24. The van der Waals surface area contributed by atoms with Gasteiger partial charge in [-0.2, -0.15) is 9.37 Å². The highest BCUT2D eigenvalue weighted by Gasteiger charge is 2.21. The molecule has 2 N–H and O–H groups in total. The van der Waals surface area contributed by atoms with Crippen LogP contribution in [-0.2, 0) is 22.5 Å². The number of benzene rings is 1. The summed E-state index contributed by atoms with van der Waals surface area (Å²) in [6.45, 7) is 11.0. The number of nitrogens with zero attached hydrogens (tertiary/aromatic N) is 4. The maximum Gasteiger partial charge on any atom is 0.268 e. The lowest BCUT2D eigenvalue weighted by atomic mass is 9.94. The van der Waals surface area contributed by atoms with Gasteiger partial charge in [-0.05, 0) is 41.3 Å². The first-order valence-electron chi connectivity index (χ1n) is 10.8. The zero-order valence-corrected chi connectivity index (χ0v) is 21.6. The van der Waals surface area contributed by atoms with Crippen molar-refractivity contribution in [2.24, 2.45) is 0 Å². The van der Waals surface area contributed by atoms with Gasteiger partial charge in [-0.25, -0.2) is 18.3 Å². The Morgan fingerprint density at radius 1 is 1.24 bits per heavy atom. The number of hydrogen-bond donors (Lipinski definition) is 2. The van der Waals surface area contributed by atoms with Crippen molar-refractivity contribution in [2.45, 2.75) is 57.3 Å². The molecule has 0 spiro atoms. The second-order valence-electron chi connectivity index (χ2n) is 9.38. The summed E-state index contributed by atoms with van der Waals surface area (Å²) in [6, 6.07) is 6.41. The van der Waals surface area contributed by atoms with Gasteiger partial charge in [0.25, 0.3) is 5.16 Å². The number of anilines is 2. The first-order valence-corrected chi connectivity index (χ1v) is 15.6. The van der Waals surface area contributed by atoms with Gasteiger partial charge in [0.15, 0.2) is 0 Å². The van der Waals surface area contributed by atoms with E-state index in [9.17, 15) is 17.5 Å². The normalized spacial score (nSPS) is 12.9. The number of aromatic nitrogens is 4. The van der Waals surface area contributed by atoms with Crippen molar-refractivity contribution >= 4 is 30.8 Å². The van der Waals surface area contributed by atoms with Crippen molar-refractivity contribution in [1.29, 1.82) is 0 Å². The standard InChI is InChI=1S/C22H29F2N5O3SSi/c1-14(2)17-11-16(23)12-18(15-6-7-25-19(24)10-15)20(17)26-21-27-22(33(30)31)28-29(21)13-32-8-9-34(3,4)5/h6-7,10-12,14H,8-9,13H2,1-5H3,(H,30,31)(H,26,27,28). The van der Waals surface area contributed by atoms with Gasteiger partial charge in [-0.15, -0.1) is 5.10 Å². The van der Waals surface area contributed by atoms with Crippen molar-refractivity contribution in [3.63, 3.8) is 0 Å². The van der Waals surface area contributed by atoms with E-state index < -0.39 is 30.9 Å². The van der Waals surface area contributed by atoms with Crippen molar-refractivity contribution in [2.75, 3.05) is 11.9 Å². The molecule has 12 heteroatoms. The number of hydrogen-bond acceptors (Lipinski definition) is 6. The summed E-state index contributed by atoms with van der Waals surface area (Å²) >= 11 is -2.41. The van der Waals surface area contributed by atoms with Gasteiger partial charge >= 0.3 is 0 Å². The highest BCUT2D eigenvalue weighted by Crippen LogP contribution is 2.37. The highest BCUT2D eigenvalue weighted by molar-refractivity contribution is 7.79. The molecular weight excluding hydrogens is 480 g/mol. The smallest absolute Gasteiger partial charge is 0.268 e. The molecule has 8 nitrogen and oxygen atoms in total. The second kappa shape index (κ2) is 10.8. The van der Waals surface area contributed by atoms with E-state index in [4.69, 9.17) is 4.74 Å². The Bertz CT molecular complexity index is 1180. The average Bonchev–Trinajstić information content (AvgIpc) is 3.14. The summed E-state index contributed by atoms with van der Waals surface area (Å²) in [4.78, 5) is 7.72. The summed E-state index contributed by atoms with van der Waals surface area (Å²) in [5, 5.41) is 6.92. The van der Waals surface area contributed by atoms with Crippen molar-refractivity contribution in [3.05, 3.63) is 47.8 Å². The Hall–Kier alpha value is -2.54. The van der Waals surface area contributed by atoms with E-state index in [0.29, 0.717) is 29.0 Å². The molecule has 0 aliphatic rings. The molecule has 3 rings (SSSR count). The molecule has 1 unspecified atom stereocenters. The molecule has 0 saturated heterocycles. The van der Waals surface area contributed by atoms with E-state index in [1.165, 1.54) is 29.1 Å². The maximum atomic E-state index is 14.5. The Morgan fingerprint density at radius 2 is 1.97 bits per heavy atom. The molecular formula is C22H29F2N5O3SSi. The van der Waals surface area contributed by atoms with Crippen LogP contribution in [0.25, 0.3) is 11.1 Å². The highest BCUT2D eigenvalue weighted by atomic mass is 32.2. The number of nitrogens with one attached hydrogen (secondary N) is 1. The Labute approximate surface area is 201 Å². The van der Waals surface area contributed by atoms with Gasteiger partial charge in [0.2, 0.25) is 23.0 Å². The minimum Gasteiger partial charge on any atom is -0.359 e. The topological polar surface area (TPSA) is 102 Å². The van der Waals surface area contributed by atoms with Crippen LogP contribution in [0.15, 0.2) is 35.6 Å². The van der Waals surface area contributed by atoms with Crippen LogP contribution in [0.2, 0.25) is 25.7 Å². The molecule has 184 valence electrons. The predicted octanol–water partition coefficient (Wildman–Crippen LogP) is 5.38. The van der Waals surface area contributed by atoms with Crippen LogP contribution < -0.4 is 5.32 Å². The Kier molecular flexibility index (Phi) is 8.28. The zero-order valence-electron chi connectivity index (χ0n) is 19.8. The van der Waals surface area contributed by atoms with Crippen LogP contribution in [0.5, 0.6) is 0 Å². The van der Waals surface area contributed by atoms with Crippen molar-refractivity contribution in [1.82, 2.24) is 19.7 Å². The molecule has 0 aliphatic heterocycles. The van der Waals surface area contributed by atoms with Gasteiger partial charge < -0.3 is 10.1 Å². The zero-order chi connectivity index (χ0) is 25.0. The molecule has 0 amide bonds. The SMILES string of the molecule is CC(C)c1cc(F)cc(-c2ccnc(F)c2)c1Nc1nc(S(=O)O)nn1COCC[Si](C)(C)C. The van der Waals surface area contributed by atoms with Gasteiger partial charge in [0.05, 0.1) is 5.69 Å². The van der Waals surface area contributed by atoms with E-state index in [-0.39, 0.29) is 23.8 Å². The third-order valence-electron chi connectivity index (χ3n) is 5.05. The van der Waals surface area contributed by atoms with E-state index in [2.05, 4.69) is 40.0 Å². The van der Waals surface area contributed by atoms with E-state index >= 15 is 0 Å². The summed E-state index contributed by atoms with van der Waals surface area (Å²) in [5.41, 5.74) is 1.91. The minimum atomic E-state index is -2.41. The number of rotatable bonds is 10. The summed E-state index contributed by atoms with van der Waals surface area (Å²) < 4.78 is 56.6. The van der Waals surface area contributed by atoms with Crippen molar-refractivity contribution in [3.8, 4) is 11.1 Å². The Balaban J connectivity index is 2.03. The first kappa shape index (κ1) is 26.1. The van der Waals surface area contributed by atoms with Gasteiger partial charge in [-0.3, -0.25) is 4.55 Å². The fourth-order valence-corrected chi connectivity index (χ4v) is 4.33. The third kappa shape index (κ3) is 6.75. The third-order valence-corrected chi connectivity index (χ3v) is 7.24. The summed E-state index contributed by atoms with van der Waals surface area (Å²) in [7, 11) is -1.30. The summed E-state index contributed by atoms with van der Waals surface area (Å²) in [5.74, 6) is -1.13. The minimum absolute atomic E-state index is 0.00837. The van der Waals surface area contributed by atoms with Gasteiger partial charge in [0, 0.05) is 32.5 Å². The maximum absolute atomic E-state index is 14.5. The van der Waals surface area contributed by atoms with Crippen LogP contribution in [-0.4, -0.2) is 43.2 Å². The lowest BCUT2D eigenvalue weighted by Crippen LogP contribution is -2.22. The lowest BCUT2D eigenvalue weighted by molar-refractivity contribution is 0.0792. The molecule has 0 radical (unpaired) electrons. The summed E-state index contributed by atoms with van der Waals surface area (Å²) in [6.07, 6.45) is 1.30. The van der Waals surface area contributed by atoms with Crippen LogP contribution in [0, 0.1) is 11.8 Å². The monoisotopic (exact) mass is 509 g/mol. The van der Waals surface area contributed by atoms with Crippen LogP contribution >= 0.6 is 0 Å². The van der Waals surface area contributed by atoms with Gasteiger partial charge in [0.1, 0.15) is 12.5 Å². The predicted molar refractivity (Wildman–Crippen MR) is 130 cm³/mol. The molecule has 1 aromatic carbocycles. The molecule has 0 aliphatic carbocycles. The fraction of sp³-hybridized carbons (Fsp3) is 0.409. The molecule has 2 heterocycles. The van der Waals surface area contributed by atoms with Crippen LogP contribution in [0.4, 0.5) is 20.4 Å². The number of halogens is 2. The molecule has 2 aromatic heterocycles. The molecule has 1 atom stereocenters. The molecule has 0 bridgehead atoms. The largest absolute Gasteiger partial charge is 0.359 e. The molecule has 0 fully saturated rings. The average molecular weight is 510 g/mol.